The summed E-state index contributed by atoms with van der Waals surface area (Å²) in [6.45, 7) is 0. The molecule has 0 radical (unpaired) electrons. The summed E-state index contributed by atoms with van der Waals surface area (Å²) in [4.78, 5) is 0.740. The van der Waals surface area contributed by atoms with Crippen LogP contribution in [0.5, 0.6) is 0 Å². The first kappa shape index (κ1) is 7.55. The van der Waals surface area contributed by atoms with Crippen molar-refractivity contribution in [3.8, 4) is 6.07 Å². The van der Waals surface area contributed by atoms with E-state index in [4.69, 9.17) is 22.6 Å². The van der Waals surface area contributed by atoms with Crippen molar-refractivity contribution in [3.63, 3.8) is 0 Å². The molecule has 1 rings (SSSR count). The van der Waals surface area contributed by atoms with Crippen LogP contribution in [0, 0.1) is 11.3 Å². The fourth-order valence-corrected chi connectivity index (χ4v) is 1.71. The molecule has 0 aliphatic heterocycles. The average Bonchev–Trinajstić information content (AvgIpc) is 2.34. The van der Waals surface area contributed by atoms with Gasteiger partial charge in [-0.1, -0.05) is 11.6 Å². The topological polar surface area (TPSA) is 49.8 Å². The first-order chi connectivity index (χ1) is 4.75. The maximum atomic E-state index is 8.40. The van der Waals surface area contributed by atoms with E-state index in [2.05, 4.69) is 0 Å². The van der Waals surface area contributed by atoms with Crippen molar-refractivity contribution in [2.24, 2.45) is 5.73 Å². The van der Waals surface area contributed by atoms with Crippen LogP contribution in [0.4, 0.5) is 0 Å². The molecule has 0 aliphatic carbocycles. The number of thiophene rings is 1. The van der Waals surface area contributed by atoms with Crippen molar-refractivity contribution < 1.29 is 0 Å². The van der Waals surface area contributed by atoms with Crippen LogP contribution in [0.2, 0.25) is 5.02 Å². The SMILES string of the molecule is N#C[C@@H](N)c1sccc1Cl. The Bertz CT molecular complexity index is 263. The summed E-state index contributed by atoms with van der Waals surface area (Å²) in [7, 11) is 0. The molecule has 0 saturated carbocycles. The van der Waals surface area contributed by atoms with E-state index < -0.39 is 6.04 Å². The van der Waals surface area contributed by atoms with Gasteiger partial charge in [0, 0.05) is 0 Å². The van der Waals surface area contributed by atoms with Gasteiger partial charge in [-0.15, -0.1) is 11.3 Å². The number of nitriles is 1. The molecule has 1 heterocycles. The van der Waals surface area contributed by atoms with Crippen molar-refractivity contribution in [3.05, 3.63) is 21.3 Å². The first-order valence-corrected chi connectivity index (χ1v) is 3.89. The van der Waals surface area contributed by atoms with Gasteiger partial charge in [0.05, 0.1) is 16.0 Å². The van der Waals surface area contributed by atoms with Crippen LogP contribution in [-0.2, 0) is 0 Å². The lowest BCUT2D eigenvalue weighted by atomic mass is 10.3. The summed E-state index contributed by atoms with van der Waals surface area (Å²) in [5, 5.41) is 10.8. The summed E-state index contributed by atoms with van der Waals surface area (Å²) in [6, 6.07) is 3.07. The molecule has 52 valence electrons. The van der Waals surface area contributed by atoms with Gasteiger partial charge in [-0.25, -0.2) is 0 Å². The van der Waals surface area contributed by atoms with Crippen molar-refractivity contribution >= 4 is 22.9 Å². The Labute approximate surface area is 67.8 Å². The number of nitrogens with zero attached hydrogens (tertiary/aromatic N) is 1. The van der Waals surface area contributed by atoms with Gasteiger partial charge in [-0.05, 0) is 11.4 Å². The molecule has 0 bridgehead atoms. The third-order valence-electron chi connectivity index (χ3n) is 1.07. The lowest BCUT2D eigenvalue weighted by Gasteiger charge is -1.96. The fraction of sp³-hybridized carbons (Fsp3) is 0.167. The highest BCUT2D eigenvalue weighted by Gasteiger charge is 2.09. The predicted octanol–water partition coefficient (Wildman–Crippen LogP) is 1.92. The molecule has 4 heteroatoms. The Morgan fingerprint density at radius 1 is 1.80 bits per heavy atom. The van der Waals surface area contributed by atoms with Crippen molar-refractivity contribution in [2.75, 3.05) is 0 Å². The molecule has 0 fully saturated rings. The van der Waals surface area contributed by atoms with Gasteiger partial charge in [-0.2, -0.15) is 5.26 Å². The molecule has 0 amide bonds. The van der Waals surface area contributed by atoms with Crippen LogP contribution in [0.3, 0.4) is 0 Å². The van der Waals surface area contributed by atoms with Gasteiger partial charge < -0.3 is 5.73 Å². The molecule has 0 aliphatic rings. The van der Waals surface area contributed by atoms with Gasteiger partial charge in [0.25, 0.3) is 0 Å². The Morgan fingerprint density at radius 2 is 2.50 bits per heavy atom. The third kappa shape index (κ3) is 1.29. The number of halogens is 1. The molecule has 1 atom stereocenters. The Morgan fingerprint density at radius 3 is 2.90 bits per heavy atom. The highest BCUT2D eigenvalue weighted by molar-refractivity contribution is 7.10. The molecule has 1 aromatic rings. The molecule has 0 saturated heterocycles. The zero-order valence-corrected chi connectivity index (χ0v) is 6.62. The summed E-state index contributed by atoms with van der Waals surface area (Å²) >= 11 is 7.10. The number of nitrogens with two attached hydrogens (primary N) is 1. The normalized spacial score (nSPS) is 12.5. The molecular weight excluding hydrogens is 168 g/mol. The second-order valence-electron chi connectivity index (χ2n) is 1.74. The minimum Gasteiger partial charge on any atom is -0.311 e. The first-order valence-electron chi connectivity index (χ1n) is 2.64. The van der Waals surface area contributed by atoms with Crippen LogP contribution in [0.25, 0.3) is 0 Å². The van der Waals surface area contributed by atoms with Crippen LogP contribution >= 0.6 is 22.9 Å². The van der Waals surface area contributed by atoms with E-state index in [-0.39, 0.29) is 0 Å². The van der Waals surface area contributed by atoms with Crippen molar-refractivity contribution in [1.29, 1.82) is 5.26 Å². The molecule has 1 aromatic heterocycles. The van der Waals surface area contributed by atoms with Crippen molar-refractivity contribution in [1.82, 2.24) is 0 Å². The lowest BCUT2D eigenvalue weighted by Crippen LogP contribution is -2.04. The van der Waals surface area contributed by atoms with E-state index >= 15 is 0 Å². The van der Waals surface area contributed by atoms with Gasteiger partial charge >= 0.3 is 0 Å². The Kier molecular flexibility index (Phi) is 2.28. The Balaban J connectivity index is 2.96. The second kappa shape index (κ2) is 3.02. The van der Waals surface area contributed by atoms with Gasteiger partial charge in [0.1, 0.15) is 6.04 Å². The smallest absolute Gasteiger partial charge is 0.129 e. The third-order valence-corrected chi connectivity index (χ3v) is 2.51. The molecule has 0 spiro atoms. The van der Waals surface area contributed by atoms with Gasteiger partial charge in [-0.3, -0.25) is 0 Å². The summed E-state index contributed by atoms with van der Waals surface area (Å²) in [5.74, 6) is 0. The number of hydrogen-bond acceptors (Lipinski definition) is 3. The molecule has 2 N–H and O–H groups in total. The predicted molar refractivity (Wildman–Crippen MR) is 41.9 cm³/mol. The monoisotopic (exact) mass is 172 g/mol. The summed E-state index contributed by atoms with van der Waals surface area (Å²) in [6.07, 6.45) is 0. The van der Waals surface area contributed by atoms with Crippen LogP contribution in [0.15, 0.2) is 11.4 Å². The summed E-state index contributed by atoms with van der Waals surface area (Å²) < 4.78 is 0. The standard InChI is InChI=1S/C6H5ClN2S/c7-4-1-2-10-6(4)5(9)3-8/h1-2,5H,9H2/t5-/m1/s1. The van der Waals surface area contributed by atoms with Crippen LogP contribution in [-0.4, -0.2) is 0 Å². The largest absolute Gasteiger partial charge is 0.311 e. The number of rotatable bonds is 1. The van der Waals surface area contributed by atoms with Gasteiger partial charge in [0.2, 0.25) is 0 Å². The van der Waals surface area contributed by atoms with Crippen molar-refractivity contribution in [2.45, 2.75) is 6.04 Å². The van der Waals surface area contributed by atoms with E-state index in [1.54, 1.807) is 6.07 Å². The zero-order chi connectivity index (χ0) is 7.56. The van der Waals surface area contributed by atoms with Gasteiger partial charge in [0.15, 0.2) is 0 Å². The molecule has 0 aromatic carbocycles. The van der Waals surface area contributed by atoms with E-state index in [9.17, 15) is 0 Å². The highest BCUT2D eigenvalue weighted by Crippen LogP contribution is 2.26. The van der Waals surface area contributed by atoms with E-state index in [0.29, 0.717) is 5.02 Å². The van der Waals surface area contributed by atoms with Crippen LogP contribution < -0.4 is 5.73 Å². The zero-order valence-electron chi connectivity index (χ0n) is 5.04. The lowest BCUT2D eigenvalue weighted by molar-refractivity contribution is 0.952. The average molecular weight is 173 g/mol. The molecule has 0 unspecified atom stereocenters. The minimum atomic E-state index is -0.576. The van der Waals surface area contributed by atoms with E-state index in [0.717, 1.165) is 4.88 Å². The maximum absolute atomic E-state index is 8.40. The number of hydrogen-bond donors (Lipinski definition) is 1. The summed E-state index contributed by atoms with van der Waals surface area (Å²) in [5.41, 5.74) is 5.40. The Hall–Kier alpha value is -0.560. The second-order valence-corrected chi connectivity index (χ2v) is 3.09. The maximum Gasteiger partial charge on any atom is 0.129 e. The van der Waals surface area contributed by atoms with Crippen LogP contribution in [0.1, 0.15) is 10.9 Å². The van der Waals surface area contributed by atoms with E-state index in [1.165, 1.54) is 11.3 Å². The molecular formula is C6H5ClN2S. The quantitative estimate of drug-likeness (QED) is 0.704. The molecule has 2 nitrogen and oxygen atoms in total. The van der Waals surface area contributed by atoms with E-state index in [1.807, 2.05) is 11.4 Å². The highest BCUT2D eigenvalue weighted by atomic mass is 35.5. The minimum absolute atomic E-state index is 0.576. The molecule has 10 heavy (non-hydrogen) atoms. The fourth-order valence-electron chi connectivity index (χ4n) is 0.586.